The van der Waals surface area contributed by atoms with Crippen molar-refractivity contribution in [3.8, 4) is 5.75 Å². The van der Waals surface area contributed by atoms with E-state index >= 15 is 0 Å². The zero-order chi connectivity index (χ0) is 20.6. The summed E-state index contributed by atoms with van der Waals surface area (Å²) in [4.78, 5) is 17.1. The number of para-hydroxylation sites is 1. The summed E-state index contributed by atoms with van der Waals surface area (Å²) in [5, 5.41) is 3.05. The molecule has 1 amide bonds. The smallest absolute Gasteiger partial charge is 0.258 e. The van der Waals surface area contributed by atoms with Crippen molar-refractivity contribution in [2.24, 2.45) is 0 Å². The maximum Gasteiger partial charge on any atom is 0.258 e. The quantitative estimate of drug-likeness (QED) is 0.744. The Bertz CT molecular complexity index is 800. The SMILES string of the molecule is Cc1cccc(N2CCN(CCC(C)NC(=O)COc3ccccc3C)CC2)c1. The van der Waals surface area contributed by atoms with Gasteiger partial charge in [0.1, 0.15) is 5.75 Å². The summed E-state index contributed by atoms with van der Waals surface area (Å²) >= 11 is 0. The highest BCUT2D eigenvalue weighted by Gasteiger charge is 2.18. The molecular weight excluding hydrogens is 362 g/mol. The highest BCUT2D eigenvalue weighted by Crippen LogP contribution is 2.18. The summed E-state index contributed by atoms with van der Waals surface area (Å²) in [6, 6.07) is 16.6. The first kappa shape index (κ1) is 21.2. The van der Waals surface area contributed by atoms with Gasteiger partial charge in [0.25, 0.3) is 5.91 Å². The number of rotatable bonds is 8. The number of nitrogens with one attached hydrogen (secondary N) is 1. The van der Waals surface area contributed by atoms with Gasteiger partial charge in [0, 0.05) is 44.5 Å². The zero-order valence-corrected chi connectivity index (χ0v) is 17.9. The van der Waals surface area contributed by atoms with Crippen LogP contribution in [-0.2, 0) is 4.79 Å². The van der Waals surface area contributed by atoms with Gasteiger partial charge in [-0.25, -0.2) is 0 Å². The highest BCUT2D eigenvalue weighted by molar-refractivity contribution is 5.77. The van der Waals surface area contributed by atoms with Gasteiger partial charge in [0.2, 0.25) is 0 Å². The molecule has 1 heterocycles. The predicted octanol–water partition coefficient (Wildman–Crippen LogP) is 3.40. The van der Waals surface area contributed by atoms with E-state index in [1.807, 2.05) is 31.2 Å². The van der Waals surface area contributed by atoms with E-state index in [1.54, 1.807) is 0 Å². The number of hydrogen-bond donors (Lipinski definition) is 1. The zero-order valence-electron chi connectivity index (χ0n) is 17.9. The van der Waals surface area contributed by atoms with Crippen molar-refractivity contribution in [3.05, 3.63) is 59.7 Å². The normalized spacial score (nSPS) is 15.8. The highest BCUT2D eigenvalue weighted by atomic mass is 16.5. The van der Waals surface area contributed by atoms with E-state index in [1.165, 1.54) is 11.3 Å². The Kier molecular flexibility index (Phi) is 7.53. The number of hydrogen-bond acceptors (Lipinski definition) is 4. The number of ether oxygens (including phenoxy) is 1. The minimum absolute atomic E-state index is 0.0599. The van der Waals surface area contributed by atoms with Crippen LogP contribution < -0.4 is 15.0 Å². The van der Waals surface area contributed by atoms with Crippen LogP contribution in [0.5, 0.6) is 5.75 Å². The minimum Gasteiger partial charge on any atom is -0.484 e. The molecule has 0 radical (unpaired) electrons. The second-order valence-corrected chi connectivity index (χ2v) is 7.98. The lowest BCUT2D eigenvalue weighted by Crippen LogP contribution is -2.47. The van der Waals surface area contributed by atoms with Crippen LogP contribution in [0.4, 0.5) is 5.69 Å². The fraction of sp³-hybridized carbons (Fsp3) is 0.458. The molecule has 1 aliphatic heterocycles. The van der Waals surface area contributed by atoms with E-state index < -0.39 is 0 Å². The lowest BCUT2D eigenvalue weighted by Gasteiger charge is -2.36. The van der Waals surface area contributed by atoms with Crippen molar-refractivity contribution in [1.82, 2.24) is 10.2 Å². The summed E-state index contributed by atoms with van der Waals surface area (Å²) in [5.41, 5.74) is 3.66. The van der Waals surface area contributed by atoms with E-state index in [4.69, 9.17) is 4.74 Å². The molecule has 156 valence electrons. The Hall–Kier alpha value is -2.53. The number of benzene rings is 2. The second-order valence-electron chi connectivity index (χ2n) is 7.98. The van der Waals surface area contributed by atoms with Crippen LogP contribution in [0, 0.1) is 13.8 Å². The molecular formula is C24H33N3O2. The van der Waals surface area contributed by atoms with E-state index in [0.29, 0.717) is 0 Å². The third-order valence-corrected chi connectivity index (χ3v) is 5.48. The third-order valence-electron chi connectivity index (χ3n) is 5.48. The number of carbonyl (C=O) groups excluding carboxylic acids is 1. The Morgan fingerprint density at radius 3 is 2.55 bits per heavy atom. The summed E-state index contributed by atoms with van der Waals surface area (Å²) < 4.78 is 5.63. The molecule has 1 fully saturated rings. The summed E-state index contributed by atoms with van der Waals surface area (Å²) in [5.74, 6) is 0.701. The molecule has 0 spiro atoms. The maximum absolute atomic E-state index is 12.2. The fourth-order valence-corrected chi connectivity index (χ4v) is 3.68. The minimum atomic E-state index is -0.0648. The number of anilines is 1. The van der Waals surface area contributed by atoms with Crippen LogP contribution in [-0.4, -0.2) is 56.2 Å². The van der Waals surface area contributed by atoms with Gasteiger partial charge in [-0.05, 0) is 56.5 Å². The van der Waals surface area contributed by atoms with Crippen molar-refractivity contribution in [3.63, 3.8) is 0 Å². The number of piperazine rings is 1. The Balaban J connectivity index is 1.34. The molecule has 1 N–H and O–H groups in total. The van der Waals surface area contributed by atoms with Crippen LogP contribution in [0.1, 0.15) is 24.5 Å². The molecule has 1 aliphatic rings. The average molecular weight is 396 g/mol. The first-order chi connectivity index (χ1) is 14.0. The predicted molar refractivity (Wildman–Crippen MR) is 119 cm³/mol. The monoisotopic (exact) mass is 395 g/mol. The molecule has 0 aliphatic carbocycles. The van der Waals surface area contributed by atoms with Gasteiger partial charge in [-0.1, -0.05) is 30.3 Å². The molecule has 0 aromatic heterocycles. The fourth-order valence-electron chi connectivity index (χ4n) is 3.68. The van der Waals surface area contributed by atoms with Gasteiger partial charge in [0.15, 0.2) is 6.61 Å². The molecule has 5 nitrogen and oxygen atoms in total. The summed E-state index contributed by atoms with van der Waals surface area (Å²) in [6.07, 6.45) is 0.945. The molecule has 2 aromatic rings. The van der Waals surface area contributed by atoms with Gasteiger partial charge < -0.3 is 15.0 Å². The van der Waals surface area contributed by atoms with Gasteiger partial charge in [-0.15, -0.1) is 0 Å². The molecule has 1 unspecified atom stereocenters. The lowest BCUT2D eigenvalue weighted by molar-refractivity contribution is -0.123. The number of amides is 1. The van der Waals surface area contributed by atoms with Crippen molar-refractivity contribution in [2.75, 3.05) is 44.2 Å². The average Bonchev–Trinajstić information content (AvgIpc) is 2.72. The van der Waals surface area contributed by atoms with E-state index in [2.05, 4.69) is 53.2 Å². The van der Waals surface area contributed by atoms with Crippen LogP contribution in [0.2, 0.25) is 0 Å². The summed E-state index contributed by atoms with van der Waals surface area (Å²) in [7, 11) is 0. The largest absolute Gasteiger partial charge is 0.484 e. The molecule has 5 heteroatoms. The third kappa shape index (κ3) is 6.50. The van der Waals surface area contributed by atoms with Gasteiger partial charge in [0.05, 0.1) is 0 Å². The lowest BCUT2D eigenvalue weighted by atomic mass is 10.1. The molecule has 3 rings (SSSR count). The first-order valence-corrected chi connectivity index (χ1v) is 10.5. The molecule has 0 saturated carbocycles. The van der Waals surface area contributed by atoms with Crippen molar-refractivity contribution < 1.29 is 9.53 Å². The standard InChI is InChI=1S/C24H33N3O2/c1-19-7-6-9-22(17-19)27-15-13-26(14-16-27)12-11-21(3)25-24(28)18-29-23-10-5-4-8-20(23)2/h4-10,17,21H,11-16,18H2,1-3H3,(H,25,28). The van der Waals surface area contributed by atoms with Crippen LogP contribution in [0.3, 0.4) is 0 Å². The van der Waals surface area contributed by atoms with E-state index in [-0.39, 0.29) is 18.6 Å². The van der Waals surface area contributed by atoms with Gasteiger partial charge in [-0.2, -0.15) is 0 Å². The van der Waals surface area contributed by atoms with Crippen molar-refractivity contribution in [2.45, 2.75) is 33.2 Å². The number of carbonyl (C=O) groups is 1. The first-order valence-electron chi connectivity index (χ1n) is 10.5. The van der Waals surface area contributed by atoms with Crippen LogP contribution in [0.25, 0.3) is 0 Å². The molecule has 29 heavy (non-hydrogen) atoms. The Morgan fingerprint density at radius 2 is 1.83 bits per heavy atom. The van der Waals surface area contributed by atoms with E-state index in [0.717, 1.165) is 50.5 Å². The topological polar surface area (TPSA) is 44.8 Å². The van der Waals surface area contributed by atoms with Gasteiger partial charge >= 0.3 is 0 Å². The summed E-state index contributed by atoms with van der Waals surface area (Å²) in [6.45, 7) is 11.5. The van der Waals surface area contributed by atoms with Gasteiger partial charge in [-0.3, -0.25) is 9.69 Å². The maximum atomic E-state index is 12.2. The van der Waals surface area contributed by atoms with Crippen LogP contribution in [0.15, 0.2) is 48.5 Å². The van der Waals surface area contributed by atoms with Crippen LogP contribution >= 0.6 is 0 Å². The molecule has 1 atom stereocenters. The molecule has 0 bridgehead atoms. The second kappa shape index (κ2) is 10.3. The van der Waals surface area contributed by atoms with E-state index in [9.17, 15) is 4.79 Å². The van der Waals surface area contributed by atoms with Crippen molar-refractivity contribution in [1.29, 1.82) is 0 Å². The Morgan fingerprint density at radius 1 is 1.07 bits per heavy atom. The molecule has 2 aromatic carbocycles. The molecule has 1 saturated heterocycles. The van der Waals surface area contributed by atoms with Crippen molar-refractivity contribution >= 4 is 11.6 Å². The number of aryl methyl sites for hydroxylation is 2. The number of nitrogens with zero attached hydrogens (tertiary/aromatic N) is 2. The Labute approximate surface area is 174 Å².